The summed E-state index contributed by atoms with van der Waals surface area (Å²) in [6.07, 6.45) is 3.26. The number of aliphatic carboxylic acids is 1. The third kappa shape index (κ3) is 6.56. The first kappa shape index (κ1) is 19.4. The molecule has 7 heteroatoms. The molecule has 0 aliphatic heterocycles. The van der Waals surface area contributed by atoms with Crippen LogP contribution in [0, 0.1) is 17.8 Å². The predicted octanol–water partition coefficient (Wildman–Crippen LogP) is 0.909. The Labute approximate surface area is 136 Å². The second kappa shape index (κ2) is 8.86. The monoisotopic (exact) mass is 328 g/mol. The van der Waals surface area contributed by atoms with E-state index in [9.17, 15) is 14.4 Å². The van der Waals surface area contributed by atoms with Crippen molar-refractivity contribution < 1.29 is 24.2 Å². The van der Waals surface area contributed by atoms with Crippen LogP contribution in [0.4, 0.5) is 0 Å². The van der Waals surface area contributed by atoms with E-state index in [1.807, 2.05) is 0 Å². The number of esters is 1. The first-order chi connectivity index (χ1) is 10.8. The van der Waals surface area contributed by atoms with Crippen LogP contribution in [0.2, 0.25) is 0 Å². The molecule has 1 aliphatic rings. The van der Waals surface area contributed by atoms with Gasteiger partial charge in [0.15, 0.2) is 0 Å². The van der Waals surface area contributed by atoms with Crippen molar-refractivity contribution in [3.05, 3.63) is 0 Å². The summed E-state index contributed by atoms with van der Waals surface area (Å²) in [5, 5.41) is 11.2. The first-order valence-corrected chi connectivity index (χ1v) is 8.11. The predicted molar refractivity (Wildman–Crippen MR) is 84.5 cm³/mol. The van der Waals surface area contributed by atoms with Crippen LogP contribution in [0.1, 0.15) is 46.0 Å². The van der Waals surface area contributed by atoms with E-state index in [1.54, 1.807) is 0 Å². The zero-order chi connectivity index (χ0) is 17.6. The van der Waals surface area contributed by atoms with E-state index in [0.29, 0.717) is 24.2 Å². The molecule has 132 valence electrons. The van der Waals surface area contributed by atoms with Gasteiger partial charge in [0.05, 0.1) is 19.6 Å². The average Bonchev–Trinajstić information content (AvgIpc) is 3.28. The number of carboxylic acids is 1. The number of nitrogens with one attached hydrogen (secondary N) is 1. The molecule has 7 nitrogen and oxygen atoms in total. The highest BCUT2D eigenvalue weighted by molar-refractivity contribution is 5.89. The average molecular weight is 328 g/mol. The van der Waals surface area contributed by atoms with Crippen LogP contribution in [0.3, 0.4) is 0 Å². The number of hydrogen-bond donors (Lipinski definition) is 3. The van der Waals surface area contributed by atoms with Gasteiger partial charge in [-0.1, -0.05) is 13.8 Å². The number of carbonyl (C=O) groups is 3. The quantitative estimate of drug-likeness (QED) is 0.513. The Balaban J connectivity index is 2.59. The summed E-state index contributed by atoms with van der Waals surface area (Å²) in [6, 6.07) is -1.96. The standard InChI is InChI=1S/C16H28N2O5/c1-9(2)11(10-4-5-10)6-7-13(16(22)23-3)18-15(21)12(17)8-14(19)20/h9-13H,4-8,17H2,1-3H3,(H,18,21)(H,19,20)/t11?,12-,13?/m0/s1. The molecule has 0 aromatic rings. The Morgan fingerprint density at radius 1 is 1.26 bits per heavy atom. The van der Waals surface area contributed by atoms with Crippen LogP contribution < -0.4 is 11.1 Å². The molecule has 0 radical (unpaired) electrons. The van der Waals surface area contributed by atoms with E-state index >= 15 is 0 Å². The van der Waals surface area contributed by atoms with Gasteiger partial charge in [-0.15, -0.1) is 0 Å². The summed E-state index contributed by atoms with van der Waals surface area (Å²) in [5.74, 6) is -0.582. The molecule has 23 heavy (non-hydrogen) atoms. The summed E-state index contributed by atoms with van der Waals surface area (Å²) in [6.45, 7) is 4.33. The molecule has 1 saturated carbocycles. The number of nitrogens with two attached hydrogens (primary N) is 1. The normalized spacial score (nSPS) is 18.1. The molecule has 0 bridgehead atoms. The zero-order valence-corrected chi connectivity index (χ0v) is 14.1. The van der Waals surface area contributed by atoms with E-state index in [0.717, 1.165) is 6.42 Å². The van der Waals surface area contributed by atoms with Crippen molar-refractivity contribution >= 4 is 17.8 Å². The van der Waals surface area contributed by atoms with E-state index in [-0.39, 0.29) is 0 Å². The largest absolute Gasteiger partial charge is 0.481 e. The van der Waals surface area contributed by atoms with Gasteiger partial charge in [-0.3, -0.25) is 9.59 Å². The van der Waals surface area contributed by atoms with Crippen molar-refractivity contribution in [3.8, 4) is 0 Å². The summed E-state index contributed by atoms with van der Waals surface area (Å²) < 4.78 is 4.73. The molecule has 0 saturated heterocycles. The first-order valence-electron chi connectivity index (χ1n) is 8.11. The SMILES string of the molecule is COC(=O)C(CCC(C(C)C)C1CC1)NC(=O)[C@@H](N)CC(=O)O. The van der Waals surface area contributed by atoms with Gasteiger partial charge in [0.1, 0.15) is 6.04 Å². The lowest BCUT2D eigenvalue weighted by molar-refractivity contribution is -0.145. The van der Waals surface area contributed by atoms with Crippen molar-refractivity contribution in [1.29, 1.82) is 0 Å². The molecule has 4 N–H and O–H groups in total. The smallest absolute Gasteiger partial charge is 0.328 e. The van der Waals surface area contributed by atoms with Gasteiger partial charge in [-0.2, -0.15) is 0 Å². The van der Waals surface area contributed by atoms with Crippen LogP contribution in [-0.2, 0) is 19.1 Å². The van der Waals surface area contributed by atoms with Crippen LogP contribution >= 0.6 is 0 Å². The van der Waals surface area contributed by atoms with Crippen molar-refractivity contribution in [2.45, 2.75) is 58.0 Å². The van der Waals surface area contributed by atoms with Crippen molar-refractivity contribution in [2.75, 3.05) is 7.11 Å². The molecule has 0 aromatic carbocycles. The van der Waals surface area contributed by atoms with Gasteiger partial charge in [-0.25, -0.2) is 4.79 Å². The van der Waals surface area contributed by atoms with Gasteiger partial charge >= 0.3 is 11.9 Å². The lowest BCUT2D eigenvalue weighted by Crippen LogP contribution is -2.49. The van der Waals surface area contributed by atoms with Gasteiger partial charge in [-0.05, 0) is 43.4 Å². The number of amides is 1. The topological polar surface area (TPSA) is 119 Å². The molecule has 1 fully saturated rings. The fraction of sp³-hybridized carbons (Fsp3) is 0.812. The Morgan fingerprint density at radius 2 is 1.87 bits per heavy atom. The summed E-state index contributed by atoms with van der Waals surface area (Å²) in [5.41, 5.74) is 5.53. The maximum Gasteiger partial charge on any atom is 0.328 e. The highest BCUT2D eigenvalue weighted by atomic mass is 16.5. The lowest BCUT2D eigenvalue weighted by Gasteiger charge is -2.24. The van der Waals surface area contributed by atoms with E-state index in [4.69, 9.17) is 15.6 Å². The minimum Gasteiger partial charge on any atom is -0.481 e. The third-order valence-corrected chi connectivity index (χ3v) is 4.41. The second-order valence-electron chi connectivity index (χ2n) is 6.61. The maximum absolute atomic E-state index is 11.9. The minimum atomic E-state index is -1.18. The minimum absolute atomic E-state index is 0.470. The van der Waals surface area contributed by atoms with Crippen LogP contribution in [0.25, 0.3) is 0 Å². The Morgan fingerprint density at radius 3 is 2.30 bits per heavy atom. The highest BCUT2D eigenvalue weighted by Crippen LogP contribution is 2.42. The van der Waals surface area contributed by atoms with Crippen LogP contribution in [0.15, 0.2) is 0 Å². The number of hydrogen-bond acceptors (Lipinski definition) is 5. The van der Waals surface area contributed by atoms with Crippen molar-refractivity contribution in [2.24, 2.45) is 23.5 Å². The molecule has 1 rings (SSSR count). The van der Waals surface area contributed by atoms with Gasteiger partial charge < -0.3 is 20.9 Å². The second-order valence-corrected chi connectivity index (χ2v) is 6.61. The van der Waals surface area contributed by atoms with Crippen molar-refractivity contribution in [1.82, 2.24) is 5.32 Å². The van der Waals surface area contributed by atoms with E-state index < -0.39 is 36.4 Å². The van der Waals surface area contributed by atoms with Crippen LogP contribution in [0.5, 0.6) is 0 Å². The molecule has 2 unspecified atom stereocenters. The molecule has 1 aliphatic carbocycles. The summed E-state index contributed by atoms with van der Waals surface area (Å²) in [7, 11) is 1.26. The highest BCUT2D eigenvalue weighted by Gasteiger charge is 2.34. The number of carboxylic acid groups (broad SMARTS) is 1. The van der Waals surface area contributed by atoms with Crippen molar-refractivity contribution in [3.63, 3.8) is 0 Å². The third-order valence-electron chi connectivity index (χ3n) is 4.41. The number of methoxy groups -OCH3 is 1. The maximum atomic E-state index is 11.9. The Hall–Kier alpha value is -1.63. The number of ether oxygens (including phenoxy) is 1. The van der Waals surface area contributed by atoms with Gasteiger partial charge in [0, 0.05) is 0 Å². The zero-order valence-electron chi connectivity index (χ0n) is 14.1. The molecular weight excluding hydrogens is 300 g/mol. The molecule has 0 aromatic heterocycles. The number of carbonyl (C=O) groups excluding carboxylic acids is 2. The van der Waals surface area contributed by atoms with E-state index in [1.165, 1.54) is 20.0 Å². The van der Waals surface area contributed by atoms with Crippen LogP contribution in [-0.4, -0.2) is 42.1 Å². The van der Waals surface area contributed by atoms with E-state index in [2.05, 4.69) is 19.2 Å². The molecule has 1 amide bonds. The Kier molecular flexibility index (Phi) is 7.48. The Bertz CT molecular complexity index is 432. The fourth-order valence-corrected chi connectivity index (χ4v) is 2.95. The summed E-state index contributed by atoms with van der Waals surface area (Å²) >= 11 is 0. The van der Waals surface area contributed by atoms with Gasteiger partial charge in [0.2, 0.25) is 5.91 Å². The number of rotatable bonds is 10. The lowest BCUT2D eigenvalue weighted by atomic mass is 9.85. The molecule has 3 atom stereocenters. The fourth-order valence-electron chi connectivity index (χ4n) is 2.95. The molecular formula is C16H28N2O5. The molecule has 0 heterocycles. The molecule has 0 spiro atoms. The van der Waals surface area contributed by atoms with Gasteiger partial charge in [0.25, 0.3) is 0 Å². The summed E-state index contributed by atoms with van der Waals surface area (Å²) in [4.78, 5) is 34.4.